The summed E-state index contributed by atoms with van der Waals surface area (Å²) in [6.07, 6.45) is 1.02. The van der Waals surface area contributed by atoms with E-state index in [2.05, 4.69) is 20.7 Å². The highest BCUT2D eigenvalue weighted by Gasteiger charge is 2.28. The molecule has 0 aliphatic carbocycles. The van der Waals surface area contributed by atoms with Gasteiger partial charge in [0, 0.05) is 28.8 Å². The monoisotopic (exact) mass is 480 g/mol. The van der Waals surface area contributed by atoms with E-state index in [0.717, 1.165) is 5.56 Å². The molecule has 0 aromatic heterocycles. The van der Waals surface area contributed by atoms with Crippen molar-refractivity contribution in [3.63, 3.8) is 0 Å². The second-order valence-electron chi connectivity index (χ2n) is 6.47. The summed E-state index contributed by atoms with van der Waals surface area (Å²) in [5, 5.41) is 0. The summed E-state index contributed by atoms with van der Waals surface area (Å²) in [6, 6.07) is 9.34. The number of hydrogen-bond donors (Lipinski definition) is 1. The molecule has 0 unspecified atom stereocenters. The number of sulfonamides is 1. The fourth-order valence-electron chi connectivity index (χ4n) is 3.18. The zero-order valence-electron chi connectivity index (χ0n) is 16.1. The lowest BCUT2D eigenvalue weighted by Crippen LogP contribution is -2.28. The minimum Gasteiger partial charge on any atom is -0.462 e. The second kappa shape index (κ2) is 8.54. The average molecular weight is 481 g/mol. The minimum absolute atomic E-state index is 0.0218. The van der Waals surface area contributed by atoms with Gasteiger partial charge in [-0.1, -0.05) is 13.0 Å². The van der Waals surface area contributed by atoms with E-state index in [4.69, 9.17) is 4.74 Å². The smallest absolute Gasteiger partial charge is 0.338 e. The predicted molar refractivity (Wildman–Crippen MR) is 114 cm³/mol. The van der Waals surface area contributed by atoms with Gasteiger partial charge in [-0.2, -0.15) is 0 Å². The number of rotatable bonds is 6. The topological polar surface area (TPSA) is 92.8 Å². The number of anilines is 2. The summed E-state index contributed by atoms with van der Waals surface area (Å²) in [7, 11) is -3.96. The van der Waals surface area contributed by atoms with Gasteiger partial charge in [-0.25, -0.2) is 13.2 Å². The molecule has 0 atom stereocenters. The Morgan fingerprint density at radius 3 is 2.66 bits per heavy atom. The molecular weight excluding hydrogens is 460 g/mol. The van der Waals surface area contributed by atoms with E-state index in [1.165, 1.54) is 12.1 Å². The Labute approximate surface area is 178 Å². The first-order valence-electron chi connectivity index (χ1n) is 9.19. The molecule has 0 bridgehead atoms. The molecule has 7 nitrogen and oxygen atoms in total. The maximum atomic E-state index is 13.0. The molecule has 0 saturated carbocycles. The quantitative estimate of drug-likeness (QED) is 0.635. The first-order chi connectivity index (χ1) is 13.8. The Bertz CT molecular complexity index is 1070. The molecule has 3 rings (SSSR count). The number of esters is 1. The molecular formula is C20H21BrN2O5S. The Hall–Kier alpha value is -2.39. The number of carbonyl (C=O) groups excluding carboxylic acids is 2. The van der Waals surface area contributed by atoms with Crippen LogP contribution in [0.1, 0.15) is 36.2 Å². The van der Waals surface area contributed by atoms with E-state index in [0.29, 0.717) is 29.5 Å². The zero-order chi connectivity index (χ0) is 21.2. The first kappa shape index (κ1) is 21.3. The van der Waals surface area contributed by atoms with Gasteiger partial charge >= 0.3 is 5.97 Å². The van der Waals surface area contributed by atoms with Crippen molar-refractivity contribution in [3.05, 3.63) is 52.0 Å². The van der Waals surface area contributed by atoms with Crippen molar-refractivity contribution >= 4 is 49.2 Å². The highest BCUT2D eigenvalue weighted by molar-refractivity contribution is 9.10. The van der Waals surface area contributed by atoms with E-state index < -0.39 is 16.0 Å². The van der Waals surface area contributed by atoms with Crippen molar-refractivity contribution in [1.29, 1.82) is 0 Å². The van der Waals surface area contributed by atoms with Gasteiger partial charge in [0.2, 0.25) is 5.91 Å². The Morgan fingerprint density at radius 2 is 1.97 bits per heavy atom. The Kier molecular flexibility index (Phi) is 6.28. The van der Waals surface area contributed by atoms with E-state index >= 15 is 0 Å². The maximum Gasteiger partial charge on any atom is 0.338 e. The normalized spacial score (nSPS) is 13.1. The third-order valence-electron chi connectivity index (χ3n) is 4.55. The van der Waals surface area contributed by atoms with Gasteiger partial charge in [0.1, 0.15) is 4.90 Å². The van der Waals surface area contributed by atoms with Gasteiger partial charge in [-0.05, 0) is 65.2 Å². The Balaban J connectivity index is 1.94. The predicted octanol–water partition coefficient (Wildman–Crippen LogP) is 3.73. The van der Waals surface area contributed by atoms with Crippen LogP contribution in [0.4, 0.5) is 11.4 Å². The molecule has 0 fully saturated rings. The minimum atomic E-state index is -3.96. The summed E-state index contributed by atoms with van der Waals surface area (Å²) in [4.78, 5) is 25.7. The molecule has 0 radical (unpaired) electrons. The van der Waals surface area contributed by atoms with E-state index in [1.54, 1.807) is 43.0 Å². The number of fused-ring (bicyclic) bond motifs is 1. The molecule has 2 aromatic carbocycles. The fraction of sp³-hybridized carbons (Fsp3) is 0.300. The van der Waals surface area contributed by atoms with Crippen molar-refractivity contribution in [2.45, 2.75) is 31.6 Å². The number of amides is 1. The summed E-state index contributed by atoms with van der Waals surface area (Å²) in [5.41, 5.74) is 2.02. The third-order valence-corrected chi connectivity index (χ3v) is 6.89. The van der Waals surface area contributed by atoms with Crippen molar-refractivity contribution in [2.75, 3.05) is 22.8 Å². The lowest BCUT2D eigenvalue weighted by Gasteiger charge is -2.18. The Morgan fingerprint density at radius 1 is 1.21 bits per heavy atom. The van der Waals surface area contributed by atoms with Gasteiger partial charge < -0.3 is 9.64 Å². The van der Waals surface area contributed by atoms with Gasteiger partial charge in [-0.3, -0.25) is 9.52 Å². The summed E-state index contributed by atoms with van der Waals surface area (Å²) in [6.45, 7) is 4.23. The van der Waals surface area contributed by atoms with Crippen LogP contribution in [0.3, 0.4) is 0 Å². The molecule has 1 amide bonds. The van der Waals surface area contributed by atoms with Crippen molar-refractivity contribution in [1.82, 2.24) is 0 Å². The number of ether oxygens (including phenoxy) is 1. The molecule has 9 heteroatoms. The van der Waals surface area contributed by atoms with Crippen LogP contribution < -0.4 is 9.62 Å². The van der Waals surface area contributed by atoms with Gasteiger partial charge in [0.15, 0.2) is 0 Å². The molecule has 2 aromatic rings. The van der Waals surface area contributed by atoms with Crippen LogP contribution in [-0.2, 0) is 26.0 Å². The molecule has 1 aliphatic heterocycles. The summed E-state index contributed by atoms with van der Waals surface area (Å²) < 4.78 is 33.9. The van der Waals surface area contributed by atoms with E-state index in [1.807, 2.05) is 0 Å². The lowest BCUT2D eigenvalue weighted by atomic mass is 10.2. The van der Waals surface area contributed by atoms with Crippen LogP contribution in [0.2, 0.25) is 0 Å². The van der Waals surface area contributed by atoms with Gasteiger partial charge in [0.25, 0.3) is 10.0 Å². The van der Waals surface area contributed by atoms with Crippen LogP contribution in [-0.4, -0.2) is 33.4 Å². The molecule has 29 heavy (non-hydrogen) atoms. The zero-order valence-corrected chi connectivity index (χ0v) is 18.5. The van der Waals surface area contributed by atoms with E-state index in [9.17, 15) is 18.0 Å². The number of nitrogens with one attached hydrogen (secondary N) is 1. The summed E-state index contributed by atoms with van der Waals surface area (Å²) in [5.74, 6) is -0.578. The second-order valence-corrected chi connectivity index (χ2v) is 8.97. The number of benzene rings is 2. The maximum absolute atomic E-state index is 13.0. The molecule has 0 spiro atoms. The lowest BCUT2D eigenvalue weighted by molar-refractivity contribution is -0.118. The van der Waals surface area contributed by atoms with Crippen LogP contribution >= 0.6 is 15.9 Å². The van der Waals surface area contributed by atoms with Gasteiger partial charge in [-0.15, -0.1) is 0 Å². The highest BCUT2D eigenvalue weighted by atomic mass is 79.9. The van der Waals surface area contributed by atoms with Crippen molar-refractivity contribution in [2.24, 2.45) is 0 Å². The highest BCUT2D eigenvalue weighted by Crippen LogP contribution is 2.36. The molecule has 1 N–H and O–H groups in total. The number of hydrogen-bond acceptors (Lipinski definition) is 5. The fourth-order valence-corrected chi connectivity index (χ4v) is 5.34. The molecule has 154 valence electrons. The SMILES string of the molecule is CCOC(=O)c1cccc(NS(=O)(=O)c2cc3c(cc2Br)CCN3C(=O)CC)c1. The standard InChI is InChI=1S/C20H21BrN2O5S/c1-3-19(24)23-9-8-13-11-16(21)18(12-17(13)23)29(26,27)22-15-7-5-6-14(10-15)20(25)28-4-2/h5-7,10-12,22H,3-4,8-9H2,1-2H3. The van der Waals surface area contributed by atoms with Gasteiger partial charge in [0.05, 0.1) is 12.2 Å². The third kappa shape index (κ3) is 4.45. The summed E-state index contributed by atoms with van der Waals surface area (Å²) >= 11 is 3.33. The average Bonchev–Trinajstić information content (AvgIpc) is 3.09. The largest absolute Gasteiger partial charge is 0.462 e. The van der Waals surface area contributed by atoms with Crippen molar-refractivity contribution < 1.29 is 22.7 Å². The number of nitrogens with zero attached hydrogens (tertiary/aromatic N) is 1. The first-order valence-corrected chi connectivity index (χ1v) is 11.5. The number of carbonyl (C=O) groups is 2. The van der Waals surface area contributed by atoms with Crippen molar-refractivity contribution in [3.8, 4) is 0 Å². The van der Waals surface area contributed by atoms with E-state index in [-0.39, 0.29) is 28.7 Å². The number of halogens is 1. The molecule has 0 saturated heterocycles. The van der Waals surface area contributed by atoms with Crippen LogP contribution in [0.5, 0.6) is 0 Å². The molecule has 1 aliphatic rings. The van der Waals surface area contributed by atoms with Crippen LogP contribution in [0.25, 0.3) is 0 Å². The van der Waals surface area contributed by atoms with Crippen LogP contribution in [0.15, 0.2) is 45.8 Å². The van der Waals surface area contributed by atoms with Crippen LogP contribution in [0, 0.1) is 0 Å². The molecule has 1 heterocycles.